The van der Waals surface area contributed by atoms with E-state index in [-0.39, 0.29) is 5.91 Å². The lowest BCUT2D eigenvalue weighted by atomic mass is 10.0. The molecule has 2 atom stereocenters. The normalized spacial score (nSPS) is 33.3. The summed E-state index contributed by atoms with van der Waals surface area (Å²) in [7, 11) is 0. The fraction of sp³-hybridized carbons (Fsp3) is 0.933. The van der Waals surface area contributed by atoms with Gasteiger partial charge in [0.15, 0.2) is 0 Å². The summed E-state index contributed by atoms with van der Waals surface area (Å²) in [5.41, 5.74) is 0. The highest BCUT2D eigenvalue weighted by Gasteiger charge is 2.37. The Bertz CT molecular complexity index is 309. The second kappa shape index (κ2) is 6.23. The second-order valence-corrected chi connectivity index (χ2v) is 6.23. The van der Waals surface area contributed by atoms with Gasteiger partial charge >= 0.3 is 0 Å². The predicted molar refractivity (Wildman–Crippen MR) is 73.7 cm³/mol. The number of nitrogens with zero attached hydrogens (tertiary/aromatic N) is 1. The van der Waals surface area contributed by atoms with Gasteiger partial charge < -0.3 is 9.64 Å². The summed E-state index contributed by atoms with van der Waals surface area (Å²) in [6.45, 7) is 2.31. The Morgan fingerprint density at radius 1 is 1.16 bits per heavy atom. The topological polar surface area (TPSA) is 41.6 Å². The number of amides is 1. The van der Waals surface area contributed by atoms with Crippen LogP contribution in [-0.2, 0) is 9.53 Å². The summed E-state index contributed by atoms with van der Waals surface area (Å²) >= 11 is 0. The highest BCUT2D eigenvalue weighted by atomic mass is 16.5. The van der Waals surface area contributed by atoms with Crippen LogP contribution < -0.4 is 5.32 Å². The van der Waals surface area contributed by atoms with Crippen LogP contribution in [-0.4, -0.2) is 42.8 Å². The Labute approximate surface area is 115 Å². The molecular formula is C15H26N2O2. The molecule has 2 heterocycles. The van der Waals surface area contributed by atoms with Crippen molar-refractivity contribution in [3.63, 3.8) is 0 Å². The van der Waals surface area contributed by atoms with Crippen LogP contribution in [0.25, 0.3) is 0 Å². The number of carbonyl (C=O) groups excluding carboxylic acids is 1. The van der Waals surface area contributed by atoms with Crippen LogP contribution in [0.4, 0.5) is 0 Å². The van der Waals surface area contributed by atoms with Gasteiger partial charge in [-0.2, -0.15) is 0 Å². The first-order valence-corrected chi connectivity index (χ1v) is 7.99. The van der Waals surface area contributed by atoms with Gasteiger partial charge in [-0.05, 0) is 44.4 Å². The molecule has 1 saturated carbocycles. The number of nitrogens with one attached hydrogen (secondary N) is 1. The van der Waals surface area contributed by atoms with Crippen molar-refractivity contribution in [1.82, 2.24) is 10.2 Å². The molecule has 2 unspecified atom stereocenters. The molecule has 0 spiro atoms. The maximum absolute atomic E-state index is 12.0. The Balaban J connectivity index is 1.52. The first-order valence-electron chi connectivity index (χ1n) is 7.99. The Hall–Kier alpha value is -0.610. The van der Waals surface area contributed by atoms with E-state index >= 15 is 0 Å². The predicted octanol–water partition coefficient (Wildman–Crippen LogP) is 1.89. The van der Waals surface area contributed by atoms with E-state index in [9.17, 15) is 4.79 Å². The maximum atomic E-state index is 12.0. The molecule has 1 aliphatic carbocycles. The van der Waals surface area contributed by atoms with Gasteiger partial charge in [0, 0.05) is 13.2 Å². The number of hydrogen-bond donors (Lipinski definition) is 1. The number of hydrogen-bond acceptors (Lipinski definition) is 3. The zero-order valence-corrected chi connectivity index (χ0v) is 11.8. The van der Waals surface area contributed by atoms with E-state index in [1.807, 2.05) is 0 Å². The van der Waals surface area contributed by atoms with Gasteiger partial charge in [-0.1, -0.05) is 12.8 Å². The van der Waals surface area contributed by atoms with Crippen molar-refractivity contribution in [2.75, 3.05) is 19.7 Å². The summed E-state index contributed by atoms with van der Waals surface area (Å²) in [6.07, 6.45) is 10.6. The fourth-order valence-corrected chi connectivity index (χ4v) is 3.83. The minimum atomic E-state index is 0.285. The summed E-state index contributed by atoms with van der Waals surface area (Å²) in [4.78, 5) is 14.1. The van der Waals surface area contributed by atoms with E-state index in [1.54, 1.807) is 0 Å². The van der Waals surface area contributed by atoms with Gasteiger partial charge in [0.25, 0.3) is 0 Å². The van der Waals surface area contributed by atoms with Gasteiger partial charge in [0.1, 0.15) is 0 Å². The highest BCUT2D eigenvalue weighted by molar-refractivity contribution is 5.80. The van der Waals surface area contributed by atoms with Gasteiger partial charge in [-0.25, -0.2) is 0 Å². The number of carbonyl (C=O) groups is 1. The molecule has 1 amide bonds. The molecule has 1 N–H and O–H groups in total. The van der Waals surface area contributed by atoms with Crippen molar-refractivity contribution in [2.45, 2.75) is 63.6 Å². The van der Waals surface area contributed by atoms with Gasteiger partial charge in [-0.3, -0.25) is 10.1 Å². The molecule has 0 radical (unpaired) electrons. The second-order valence-electron chi connectivity index (χ2n) is 6.23. The van der Waals surface area contributed by atoms with E-state index in [1.165, 1.54) is 44.9 Å². The largest absolute Gasteiger partial charge is 0.378 e. The minimum Gasteiger partial charge on any atom is -0.378 e. The van der Waals surface area contributed by atoms with Crippen molar-refractivity contribution in [2.24, 2.45) is 5.92 Å². The van der Waals surface area contributed by atoms with E-state index in [2.05, 4.69) is 10.2 Å². The summed E-state index contributed by atoms with van der Waals surface area (Å²) < 4.78 is 5.78. The molecule has 3 fully saturated rings. The van der Waals surface area contributed by atoms with Crippen LogP contribution in [0, 0.1) is 5.92 Å². The number of ether oxygens (including phenoxy) is 1. The van der Waals surface area contributed by atoms with Crippen molar-refractivity contribution < 1.29 is 9.53 Å². The summed E-state index contributed by atoms with van der Waals surface area (Å²) in [6, 6.07) is 0. The lowest BCUT2D eigenvalue weighted by Crippen LogP contribution is -2.43. The fourth-order valence-electron chi connectivity index (χ4n) is 3.83. The molecule has 3 rings (SSSR count). The molecule has 3 aliphatic rings. The van der Waals surface area contributed by atoms with Gasteiger partial charge in [-0.15, -0.1) is 0 Å². The van der Waals surface area contributed by atoms with Crippen LogP contribution in [0.2, 0.25) is 0 Å². The summed E-state index contributed by atoms with van der Waals surface area (Å²) in [5, 5.41) is 3.42. The van der Waals surface area contributed by atoms with E-state index in [0.29, 0.717) is 24.7 Å². The zero-order chi connectivity index (χ0) is 13.1. The molecule has 0 aromatic heterocycles. The molecule has 19 heavy (non-hydrogen) atoms. The minimum absolute atomic E-state index is 0.285. The van der Waals surface area contributed by atoms with Crippen LogP contribution >= 0.6 is 0 Å². The zero-order valence-electron chi connectivity index (χ0n) is 11.8. The lowest BCUT2D eigenvalue weighted by molar-refractivity contribution is -0.129. The Morgan fingerprint density at radius 3 is 2.68 bits per heavy atom. The number of rotatable bonds is 4. The quantitative estimate of drug-likeness (QED) is 0.845. The lowest BCUT2D eigenvalue weighted by Gasteiger charge is -2.31. The smallest absolute Gasteiger partial charge is 0.237 e. The van der Waals surface area contributed by atoms with Crippen molar-refractivity contribution >= 4 is 5.91 Å². The van der Waals surface area contributed by atoms with Crippen LogP contribution in [0.3, 0.4) is 0 Å². The van der Waals surface area contributed by atoms with Crippen molar-refractivity contribution in [3.8, 4) is 0 Å². The van der Waals surface area contributed by atoms with Crippen LogP contribution in [0.15, 0.2) is 0 Å². The van der Waals surface area contributed by atoms with Gasteiger partial charge in [0.2, 0.25) is 5.91 Å². The van der Waals surface area contributed by atoms with Crippen molar-refractivity contribution in [1.29, 1.82) is 0 Å². The SMILES string of the molecule is O=C1CNC(C2CCCC2)N1CCC1CCCCO1. The molecule has 4 nitrogen and oxygen atoms in total. The third-order valence-corrected chi connectivity index (χ3v) is 4.93. The highest BCUT2D eigenvalue weighted by Crippen LogP contribution is 2.31. The standard InChI is InChI=1S/C15H26N2O2/c18-14-11-16-15(12-5-1-2-6-12)17(14)9-8-13-7-3-4-10-19-13/h12-13,15-16H,1-11H2. The first kappa shape index (κ1) is 13.4. The van der Waals surface area contributed by atoms with E-state index in [4.69, 9.17) is 4.74 Å². The third kappa shape index (κ3) is 3.11. The van der Waals surface area contributed by atoms with Gasteiger partial charge in [0.05, 0.1) is 18.8 Å². The summed E-state index contributed by atoms with van der Waals surface area (Å²) in [5.74, 6) is 0.964. The Kier molecular flexibility index (Phi) is 4.38. The molecule has 2 saturated heterocycles. The first-order chi connectivity index (χ1) is 9.34. The molecule has 0 aromatic rings. The van der Waals surface area contributed by atoms with Crippen LogP contribution in [0.5, 0.6) is 0 Å². The monoisotopic (exact) mass is 266 g/mol. The van der Waals surface area contributed by atoms with E-state index in [0.717, 1.165) is 19.6 Å². The molecular weight excluding hydrogens is 240 g/mol. The van der Waals surface area contributed by atoms with E-state index < -0.39 is 0 Å². The maximum Gasteiger partial charge on any atom is 0.237 e. The van der Waals surface area contributed by atoms with Crippen LogP contribution in [0.1, 0.15) is 51.4 Å². The third-order valence-electron chi connectivity index (χ3n) is 4.93. The Morgan fingerprint density at radius 2 is 1.95 bits per heavy atom. The van der Waals surface area contributed by atoms with Crippen molar-refractivity contribution in [3.05, 3.63) is 0 Å². The molecule has 0 bridgehead atoms. The molecule has 2 aliphatic heterocycles. The molecule has 4 heteroatoms. The molecule has 108 valence electrons. The average molecular weight is 266 g/mol. The average Bonchev–Trinajstić information content (AvgIpc) is 3.07. The molecule has 0 aromatic carbocycles.